The SMILES string of the molecule is O=C(N[C@@H](C(=O)O)c1ccc(F)c(F)c1)c1cccc2cc[nH]c12. The smallest absolute Gasteiger partial charge is 0.330 e. The van der Waals surface area contributed by atoms with E-state index in [2.05, 4.69) is 10.3 Å². The minimum absolute atomic E-state index is 0.0617. The number of para-hydroxylation sites is 1. The highest BCUT2D eigenvalue weighted by molar-refractivity contribution is 6.06. The first kappa shape index (κ1) is 15.7. The number of hydrogen-bond acceptors (Lipinski definition) is 2. The lowest BCUT2D eigenvalue weighted by Crippen LogP contribution is -2.34. The maximum atomic E-state index is 13.3. The van der Waals surface area contributed by atoms with E-state index in [1.165, 1.54) is 0 Å². The van der Waals surface area contributed by atoms with Crippen LogP contribution in [-0.2, 0) is 4.79 Å². The van der Waals surface area contributed by atoms with Crippen LogP contribution in [-0.4, -0.2) is 22.0 Å². The Hall–Kier alpha value is -3.22. The largest absolute Gasteiger partial charge is 0.479 e. The molecule has 0 spiro atoms. The van der Waals surface area contributed by atoms with E-state index in [-0.39, 0.29) is 11.1 Å². The molecular weight excluding hydrogens is 318 g/mol. The molecule has 122 valence electrons. The fourth-order valence-corrected chi connectivity index (χ4v) is 2.46. The van der Waals surface area contributed by atoms with Crippen molar-refractivity contribution in [3.63, 3.8) is 0 Å². The van der Waals surface area contributed by atoms with Crippen LogP contribution in [0, 0.1) is 11.6 Å². The predicted octanol–water partition coefficient (Wildman–Crippen LogP) is 3.00. The molecule has 1 heterocycles. The molecule has 3 N–H and O–H groups in total. The van der Waals surface area contributed by atoms with E-state index in [4.69, 9.17) is 0 Å². The van der Waals surface area contributed by atoms with Crippen LogP contribution < -0.4 is 5.32 Å². The number of hydrogen-bond donors (Lipinski definition) is 3. The molecule has 1 atom stereocenters. The minimum Gasteiger partial charge on any atom is -0.479 e. The lowest BCUT2D eigenvalue weighted by atomic mass is 10.1. The maximum absolute atomic E-state index is 13.3. The second-order valence-electron chi connectivity index (χ2n) is 5.17. The number of carboxylic acids is 1. The Morgan fingerprint density at radius 2 is 1.88 bits per heavy atom. The molecule has 1 amide bonds. The van der Waals surface area contributed by atoms with Crippen molar-refractivity contribution in [3.8, 4) is 0 Å². The number of aromatic nitrogens is 1. The quantitative estimate of drug-likeness (QED) is 0.688. The number of nitrogens with one attached hydrogen (secondary N) is 2. The summed E-state index contributed by atoms with van der Waals surface area (Å²) in [5.41, 5.74) is 0.754. The van der Waals surface area contributed by atoms with Gasteiger partial charge in [-0.3, -0.25) is 4.79 Å². The monoisotopic (exact) mass is 330 g/mol. The molecule has 0 unspecified atom stereocenters. The molecule has 3 rings (SSSR count). The van der Waals surface area contributed by atoms with Crippen LogP contribution in [0.15, 0.2) is 48.7 Å². The molecule has 2 aromatic carbocycles. The van der Waals surface area contributed by atoms with Crippen molar-refractivity contribution in [2.24, 2.45) is 0 Å². The normalized spacial score (nSPS) is 12.1. The number of rotatable bonds is 4. The molecule has 0 radical (unpaired) electrons. The van der Waals surface area contributed by atoms with Gasteiger partial charge in [-0.05, 0) is 29.8 Å². The second-order valence-corrected chi connectivity index (χ2v) is 5.17. The van der Waals surface area contributed by atoms with Gasteiger partial charge in [0.25, 0.3) is 5.91 Å². The summed E-state index contributed by atoms with van der Waals surface area (Å²) in [6.07, 6.45) is 1.66. The van der Waals surface area contributed by atoms with Crippen LogP contribution in [0.3, 0.4) is 0 Å². The predicted molar refractivity (Wildman–Crippen MR) is 82.5 cm³/mol. The maximum Gasteiger partial charge on any atom is 0.330 e. The zero-order valence-electron chi connectivity index (χ0n) is 12.2. The number of amides is 1. The first-order chi connectivity index (χ1) is 11.5. The lowest BCUT2D eigenvalue weighted by molar-refractivity contribution is -0.139. The molecule has 0 saturated carbocycles. The third-order valence-electron chi connectivity index (χ3n) is 3.63. The number of aromatic amines is 1. The van der Waals surface area contributed by atoms with E-state index in [0.717, 1.165) is 23.6 Å². The first-order valence-corrected chi connectivity index (χ1v) is 7.02. The highest BCUT2D eigenvalue weighted by Crippen LogP contribution is 2.20. The Morgan fingerprint density at radius 3 is 2.58 bits per heavy atom. The van der Waals surface area contributed by atoms with Gasteiger partial charge >= 0.3 is 5.97 Å². The summed E-state index contributed by atoms with van der Waals surface area (Å²) >= 11 is 0. The molecule has 0 fully saturated rings. The zero-order chi connectivity index (χ0) is 17.3. The average Bonchev–Trinajstić information content (AvgIpc) is 3.03. The number of fused-ring (bicyclic) bond motifs is 1. The Morgan fingerprint density at radius 1 is 1.08 bits per heavy atom. The number of aliphatic carboxylic acids is 1. The van der Waals surface area contributed by atoms with Crippen molar-refractivity contribution < 1.29 is 23.5 Å². The molecule has 1 aromatic heterocycles. The summed E-state index contributed by atoms with van der Waals surface area (Å²) in [6.45, 7) is 0. The van der Waals surface area contributed by atoms with E-state index < -0.39 is 29.6 Å². The molecule has 0 aliphatic rings. The molecule has 5 nitrogen and oxygen atoms in total. The highest BCUT2D eigenvalue weighted by atomic mass is 19.2. The summed E-state index contributed by atoms with van der Waals surface area (Å²) in [4.78, 5) is 26.8. The summed E-state index contributed by atoms with van der Waals surface area (Å²) < 4.78 is 26.4. The molecule has 0 saturated heterocycles. The summed E-state index contributed by atoms with van der Waals surface area (Å²) in [7, 11) is 0. The first-order valence-electron chi connectivity index (χ1n) is 7.02. The van der Waals surface area contributed by atoms with E-state index in [0.29, 0.717) is 5.52 Å². The van der Waals surface area contributed by atoms with Gasteiger partial charge in [0.2, 0.25) is 0 Å². The number of carboxylic acid groups (broad SMARTS) is 1. The fraction of sp³-hybridized carbons (Fsp3) is 0.0588. The second kappa shape index (κ2) is 6.11. The zero-order valence-corrected chi connectivity index (χ0v) is 12.2. The van der Waals surface area contributed by atoms with Gasteiger partial charge in [-0.25, -0.2) is 13.6 Å². The van der Waals surface area contributed by atoms with Gasteiger partial charge < -0.3 is 15.4 Å². The molecule has 0 aliphatic heterocycles. The fourth-order valence-electron chi connectivity index (χ4n) is 2.46. The third kappa shape index (κ3) is 2.83. The van der Waals surface area contributed by atoms with Gasteiger partial charge in [0, 0.05) is 11.6 Å². The van der Waals surface area contributed by atoms with E-state index in [1.54, 1.807) is 30.5 Å². The minimum atomic E-state index is -1.50. The average molecular weight is 330 g/mol. The summed E-state index contributed by atoms with van der Waals surface area (Å²) in [5, 5.41) is 12.4. The van der Waals surface area contributed by atoms with Crippen LogP contribution in [0.2, 0.25) is 0 Å². The van der Waals surface area contributed by atoms with Crippen LogP contribution >= 0.6 is 0 Å². The van der Waals surface area contributed by atoms with Crippen molar-refractivity contribution in [3.05, 3.63) is 71.4 Å². The van der Waals surface area contributed by atoms with Crippen LogP contribution in [0.25, 0.3) is 10.9 Å². The van der Waals surface area contributed by atoms with E-state index in [1.807, 2.05) is 0 Å². The highest BCUT2D eigenvalue weighted by Gasteiger charge is 2.24. The van der Waals surface area contributed by atoms with Crippen molar-refractivity contribution in [1.29, 1.82) is 0 Å². The third-order valence-corrected chi connectivity index (χ3v) is 3.63. The Labute approximate surface area is 134 Å². The van der Waals surface area contributed by atoms with Gasteiger partial charge in [-0.2, -0.15) is 0 Å². The number of H-pyrrole nitrogens is 1. The molecule has 0 aliphatic carbocycles. The molecule has 24 heavy (non-hydrogen) atoms. The van der Waals surface area contributed by atoms with Crippen LogP contribution in [0.1, 0.15) is 22.0 Å². The number of carbonyl (C=O) groups excluding carboxylic acids is 1. The van der Waals surface area contributed by atoms with Crippen molar-refractivity contribution in [2.45, 2.75) is 6.04 Å². The lowest BCUT2D eigenvalue weighted by Gasteiger charge is -2.15. The van der Waals surface area contributed by atoms with Crippen LogP contribution in [0.5, 0.6) is 0 Å². The standard InChI is InChI=1S/C17H12F2N2O3/c18-12-5-4-10(8-13(12)19)15(17(23)24)21-16(22)11-3-1-2-9-6-7-20-14(9)11/h1-8,15,20H,(H,21,22)(H,23,24)/t15-/m1/s1. The van der Waals surface area contributed by atoms with Gasteiger partial charge in [0.15, 0.2) is 17.7 Å². The van der Waals surface area contributed by atoms with Gasteiger partial charge in [0.1, 0.15) is 0 Å². The van der Waals surface area contributed by atoms with Crippen molar-refractivity contribution in [1.82, 2.24) is 10.3 Å². The molecule has 7 heteroatoms. The number of carbonyl (C=O) groups is 2. The number of benzene rings is 2. The summed E-state index contributed by atoms with van der Waals surface area (Å²) in [6, 6.07) is 7.96. The molecule has 3 aromatic rings. The van der Waals surface area contributed by atoms with Crippen LogP contribution in [0.4, 0.5) is 8.78 Å². The summed E-state index contributed by atoms with van der Waals surface area (Å²) in [5.74, 6) is -4.29. The van der Waals surface area contributed by atoms with Gasteiger partial charge in [-0.15, -0.1) is 0 Å². The Kier molecular flexibility index (Phi) is 3.99. The topological polar surface area (TPSA) is 82.2 Å². The Balaban J connectivity index is 1.93. The molecule has 0 bridgehead atoms. The molecular formula is C17H12F2N2O3. The van der Waals surface area contributed by atoms with Gasteiger partial charge in [0.05, 0.1) is 11.1 Å². The van der Waals surface area contributed by atoms with E-state index >= 15 is 0 Å². The van der Waals surface area contributed by atoms with Crippen molar-refractivity contribution >= 4 is 22.8 Å². The number of halogens is 2. The van der Waals surface area contributed by atoms with Gasteiger partial charge in [-0.1, -0.05) is 18.2 Å². The Bertz CT molecular complexity index is 936. The van der Waals surface area contributed by atoms with E-state index in [9.17, 15) is 23.5 Å². The van der Waals surface area contributed by atoms with Crippen molar-refractivity contribution in [2.75, 3.05) is 0 Å².